The number of carboxylic acid groups (broad SMARTS) is 1. The van der Waals surface area contributed by atoms with Crippen molar-refractivity contribution < 1.29 is 24.4 Å². The molecule has 0 unspecified atom stereocenters. The molecule has 0 aromatic heterocycles. The maximum absolute atomic E-state index is 12.7. The van der Waals surface area contributed by atoms with Gasteiger partial charge in [-0.25, -0.2) is 9.59 Å². The molecule has 0 spiro atoms. The molecule has 32 heavy (non-hydrogen) atoms. The predicted molar refractivity (Wildman–Crippen MR) is 119 cm³/mol. The minimum Gasteiger partial charge on any atom is -0.478 e. The topological polar surface area (TPSA) is 110 Å². The Morgan fingerprint density at radius 1 is 1.09 bits per heavy atom. The van der Waals surface area contributed by atoms with E-state index in [-0.39, 0.29) is 27.9 Å². The van der Waals surface area contributed by atoms with Crippen LogP contribution < -0.4 is 4.90 Å². The van der Waals surface area contributed by atoms with Gasteiger partial charge in [0, 0.05) is 18.5 Å². The molecule has 1 N–H and O–H groups in total. The monoisotopic (exact) mass is 432 g/mol. The predicted octanol–water partition coefficient (Wildman–Crippen LogP) is 4.33. The lowest BCUT2D eigenvalue weighted by molar-refractivity contribution is -0.385. The first-order valence-corrected chi connectivity index (χ1v) is 9.63. The van der Waals surface area contributed by atoms with E-state index in [0.29, 0.717) is 16.8 Å². The van der Waals surface area contributed by atoms with Gasteiger partial charge in [0.2, 0.25) is 0 Å². The molecule has 8 heteroatoms. The summed E-state index contributed by atoms with van der Waals surface area (Å²) in [5.74, 6) is 3.37. The fourth-order valence-corrected chi connectivity index (χ4v) is 3.65. The third-order valence-corrected chi connectivity index (χ3v) is 5.05. The first kappa shape index (κ1) is 22.3. The summed E-state index contributed by atoms with van der Waals surface area (Å²) in [5, 5.41) is 21.3. The number of carboxylic acids is 1. The molecule has 0 saturated heterocycles. The van der Waals surface area contributed by atoms with Crippen LogP contribution in [0.1, 0.15) is 49.4 Å². The van der Waals surface area contributed by atoms with Crippen LogP contribution in [0.3, 0.4) is 0 Å². The number of nitrogens with zero attached hydrogens (tertiary/aromatic N) is 2. The van der Waals surface area contributed by atoms with Crippen LogP contribution in [0.2, 0.25) is 0 Å². The summed E-state index contributed by atoms with van der Waals surface area (Å²) in [6, 6.07) is 5.86. The van der Waals surface area contributed by atoms with Crippen molar-refractivity contribution in [2.75, 3.05) is 12.0 Å². The summed E-state index contributed by atoms with van der Waals surface area (Å²) < 4.78 is 4.93. The molecule has 1 aliphatic rings. The fraction of sp³-hybridized carbons (Fsp3) is 0.167. The number of nitro groups is 1. The van der Waals surface area contributed by atoms with Crippen molar-refractivity contribution in [2.45, 2.75) is 20.3 Å². The summed E-state index contributed by atoms with van der Waals surface area (Å²) in [5.41, 5.74) is 1.11. The second-order valence-corrected chi connectivity index (χ2v) is 6.96. The Hall–Kier alpha value is -4.38. The number of carbonyl (C=O) groups excluding carboxylic acids is 1. The van der Waals surface area contributed by atoms with Crippen molar-refractivity contribution >= 4 is 23.3 Å². The number of rotatable bonds is 4. The lowest BCUT2D eigenvalue weighted by Gasteiger charge is -2.26. The second kappa shape index (κ2) is 9.18. The van der Waals surface area contributed by atoms with Gasteiger partial charge in [0.15, 0.2) is 0 Å². The highest BCUT2D eigenvalue weighted by Crippen LogP contribution is 2.36. The molecular formula is C24H20N2O6. The van der Waals surface area contributed by atoms with E-state index in [1.165, 1.54) is 25.3 Å². The van der Waals surface area contributed by atoms with Crippen LogP contribution in [0.4, 0.5) is 11.4 Å². The molecule has 1 heterocycles. The smallest absolute Gasteiger partial charge is 0.339 e. The van der Waals surface area contributed by atoms with Crippen molar-refractivity contribution in [1.29, 1.82) is 0 Å². The van der Waals surface area contributed by atoms with Gasteiger partial charge in [0.1, 0.15) is 5.56 Å². The van der Waals surface area contributed by atoms with Crippen molar-refractivity contribution in [3.05, 3.63) is 92.3 Å². The zero-order valence-corrected chi connectivity index (χ0v) is 17.7. The molecule has 0 fully saturated rings. The second-order valence-electron chi connectivity index (χ2n) is 6.96. The number of hydrogen-bond acceptors (Lipinski definition) is 6. The number of nitro benzene ring substituents is 1. The molecule has 0 amide bonds. The van der Waals surface area contributed by atoms with E-state index in [9.17, 15) is 24.8 Å². The highest BCUT2D eigenvalue weighted by atomic mass is 16.6. The Morgan fingerprint density at radius 2 is 1.72 bits per heavy atom. The first-order valence-electron chi connectivity index (χ1n) is 9.63. The largest absolute Gasteiger partial charge is 0.478 e. The van der Waals surface area contributed by atoms with Crippen LogP contribution in [-0.4, -0.2) is 29.1 Å². The number of ether oxygens (including phenoxy) is 1. The zero-order valence-electron chi connectivity index (χ0n) is 17.7. The maximum atomic E-state index is 12.7. The van der Waals surface area contributed by atoms with E-state index in [1.807, 2.05) is 12.2 Å². The third-order valence-electron chi connectivity index (χ3n) is 5.05. The maximum Gasteiger partial charge on any atom is 0.339 e. The number of allylic oxidation sites excluding steroid dienone is 2. The average Bonchev–Trinajstić information content (AvgIpc) is 2.77. The van der Waals surface area contributed by atoms with Gasteiger partial charge in [-0.15, -0.1) is 0 Å². The van der Waals surface area contributed by atoms with Crippen molar-refractivity contribution in [3.63, 3.8) is 0 Å². The summed E-state index contributed by atoms with van der Waals surface area (Å²) in [6.45, 7) is 3.33. The summed E-state index contributed by atoms with van der Waals surface area (Å²) in [4.78, 5) is 37.5. The van der Waals surface area contributed by atoms with Crippen LogP contribution in [-0.2, 0) is 4.74 Å². The van der Waals surface area contributed by atoms with Gasteiger partial charge in [-0.05, 0) is 37.5 Å². The Kier molecular flexibility index (Phi) is 6.40. The zero-order chi connectivity index (χ0) is 23.4. The van der Waals surface area contributed by atoms with Crippen LogP contribution in [0.15, 0.2) is 48.8 Å². The number of esters is 1. The quantitative estimate of drug-likeness (QED) is 0.331. The SMILES string of the molecule is COC(=O)c1c(C)c(N2C=CCC=C2)c(C)c(C(=O)O)c1C#Cc1ccccc1[N+](=O)[O-]. The summed E-state index contributed by atoms with van der Waals surface area (Å²) >= 11 is 0. The molecule has 162 valence electrons. The normalized spacial score (nSPS) is 12.2. The first-order chi connectivity index (χ1) is 15.3. The lowest BCUT2D eigenvalue weighted by atomic mass is 9.89. The lowest BCUT2D eigenvalue weighted by Crippen LogP contribution is -2.20. The standard InChI is InChI=1S/C24H20N2O6/c1-15-20(23(27)28)18(12-11-17-9-5-6-10-19(17)26(30)31)21(24(29)32-3)16(2)22(15)25-13-7-4-8-14-25/h5-10,13-14H,4H2,1-3H3,(H,27,28). The van der Waals surface area contributed by atoms with Gasteiger partial charge in [0.25, 0.3) is 5.69 Å². The molecule has 2 aromatic carbocycles. The number of hydrogen-bond donors (Lipinski definition) is 1. The molecule has 1 aliphatic heterocycles. The van der Waals surface area contributed by atoms with Crippen molar-refractivity contribution in [1.82, 2.24) is 0 Å². The van der Waals surface area contributed by atoms with Gasteiger partial charge in [-0.2, -0.15) is 0 Å². The summed E-state index contributed by atoms with van der Waals surface area (Å²) in [7, 11) is 1.20. The van der Waals surface area contributed by atoms with Crippen molar-refractivity contribution in [2.24, 2.45) is 0 Å². The molecule has 0 aliphatic carbocycles. The van der Waals surface area contributed by atoms with E-state index in [0.717, 1.165) is 6.42 Å². The van der Waals surface area contributed by atoms with Gasteiger partial charge in [0.05, 0.1) is 34.4 Å². The van der Waals surface area contributed by atoms with E-state index in [1.54, 1.807) is 37.2 Å². The molecule has 0 saturated carbocycles. The highest BCUT2D eigenvalue weighted by Gasteiger charge is 2.28. The molecule has 2 aromatic rings. The van der Waals surface area contributed by atoms with Crippen LogP contribution in [0, 0.1) is 35.8 Å². The minimum absolute atomic E-state index is 0.00366. The number of methoxy groups -OCH3 is 1. The Balaban J connectivity index is 2.36. The molecular weight excluding hydrogens is 412 g/mol. The molecule has 0 radical (unpaired) electrons. The number of anilines is 1. The van der Waals surface area contributed by atoms with Crippen LogP contribution in [0.25, 0.3) is 0 Å². The Bertz CT molecular complexity index is 1240. The van der Waals surface area contributed by atoms with Gasteiger partial charge >= 0.3 is 11.9 Å². The van der Waals surface area contributed by atoms with Crippen LogP contribution >= 0.6 is 0 Å². The van der Waals surface area contributed by atoms with Gasteiger partial charge in [-0.3, -0.25) is 10.1 Å². The van der Waals surface area contributed by atoms with E-state index >= 15 is 0 Å². The Morgan fingerprint density at radius 3 is 2.31 bits per heavy atom. The van der Waals surface area contributed by atoms with Crippen LogP contribution in [0.5, 0.6) is 0 Å². The number of carbonyl (C=O) groups is 2. The van der Waals surface area contributed by atoms with E-state index < -0.39 is 16.9 Å². The average molecular weight is 432 g/mol. The third kappa shape index (κ3) is 4.09. The van der Waals surface area contributed by atoms with Gasteiger partial charge in [-0.1, -0.05) is 36.1 Å². The van der Waals surface area contributed by atoms with E-state index in [2.05, 4.69) is 11.8 Å². The fourth-order valence-electron chi connectivity index (χ4n) is 3.65. The Labute approximate surface area is 184 Å². The van der Waals surface area contributed by atoms with E-state index in [4.69, 9.17) is 4.74 Å². The number of benzene rings is 2. The van der Waals surface area contributed by atoms with Crippen molar-refractivity contribution in [3.8, 4) is 11.8 Å². The molecule has 8 nitrogen and oxygen atoms in total. The van der Waals surface area contributed by atoms with Gasteiger partial charge < -0.3 is 14.7 Å². The number of aromatic carboxylic acids is 1. The molecule has 0 atom stereocenters. The number of para-hydroxylation sites is 1. The minimum atomic E-state index is -1.27. The summed E-state index contributed by atoms with van der Waals surface area (Å²) in [6.07, 6.45) is 8.13. The molecule has 0 bridgehead atoms. The molecule has 3 rings (SSSR count). The highest BCUT2D eigenvalue weighted by molar-refractivity contribution is 6.04.